The molecular weight excluding hydrogens is 685 g/mol. The van der Waals surface area contributed by atoms with Gasteiger partial charge in [-0.3, -0.25) is 0 Å². The van der Waals surface area contributed by atoms with E-state index in [4.69, 9.17) is 15.0 Å². The third-order valence-electron chi connectivity index (χ3n) is 9.51. The molecule has 0 aliphatic rings. The molecular formula is C47H30N4S2. The van der Waals surface area contributed by atoms with E-state index >= 15 is 0 Å². The van der Waals surface area contributed by atoms with Gasteiger partial charge in [0.25, 0.3) is 0 Å². The van der Waals surface area contributed by atoms with Crippen molar-refractivity contribution in [2.24, 2.45) is 0 Å². The minimum atomic E-state index is 0.545. The van der Waals surface area contributed by atoms with Gasteiger partial charge in [0.05, 0.1) is 11.6 Å². The first kappa shape index (κ1) is 32.4. The van der Waals surface area contributed by atoms with Crippen molar-refractivity contribution in [3.05, 3.63) is 168 Å². The van der Waals surface area contributed by atoms with Gasteiger partial charge in [-0.15, -0.1) is 22.7 Å². The van der Waals surface area contributed by atoms with Gasteiger partial charge in [-0.1, -0.05) is 85.5 Å². The summed E-state index contributed by atoms with van der Waals surface area (Å²) in [5.74, 6) is 1.70. The Morgan fingerprint density at radius 2 is 1.15 bits per heavy atom. The zero-order chi connectivity index (χ0) is 35.9. The molecule has 0 fully saturated rings. The van der Waals surface area contributed by atoms with Gasteiger partial charge >= 0.3 is 0 Å². The highest BCUT2D eigenvalue weighted by Crippen LogP contribution is 2.39. The van der Waals surface area contributed by atoms with Gasteiger partial charge in [0.2, 0.25) is 0 Å². The molecule has 3 heterocycles. The number of aromatic nitrogens is 3. The van der Waals surface area contributed by atoms with E-state index in [9.17, 15) is 5.26 Å². The predicted molar refractivity (Wildman–Crippen MR) is 225 cm³/mol. The fourth-order valence-corrected chi connectivity index (χ4v) is 8.91. The topological polar surface area (TPSA) is 62.5 Å². The maximum atomic E-state index is 9.44. The van der Waals surface area contributed by atoms with Crippen LogP contribution >= 0.6 is 22.7 Å². The van der Waals surface area contributed by atoms with Crippen LogP contribution in [0.1, 0.15) is 28.5 Å². The van der Waals surface area contributed by atoms with Crippen molar-refractivity contribution in [1.82, 2.24) is 15.0 Å². The molecule has 0 radical (unpaired) electrons. The molecule has 0 spiro atoms. The van der Waals surface area contributed by atoms with Crippen LogP contribution in [-0.4, -0.2) is 15.0 Å². The van der Waals surface area contributed by atoms with Crippen LogP contribution in [0.4, 0.5) is 0 Å². The summed E-state index contributed by atoms with van der Waals surface area (Å²) < 4.78 is 3.78. The summed E-state index contributed by atoms with van der Waals surface area (Å²) in [5.41, 5.74) is 8.73. The number of hydrogen-bond acceptors (Lipinski definition) is 6. The van der Waals surface area contributed by atoms with Crippen LogP contribution < -0.4 is 0 Å². The maximum absolute atomic E-state index is 9.44. The highest BCUT2D eigenvalue weighted by atomic mass is 32.1. The van der Waals surface area contributed by atoms with E-state index in [1.807, 2.05) is 59.9 Å². The van der Waals surface area contributed by atoms with Crippen molar-refractivity contribution in [1.29, 1.82) is 5.26 Å². The molecule has 9 rings (SSSR count). The number of fused-ring (bicyclic) bond motifs is 4. The predicted octanol–water partition coefficient (Wildman–Crippen LogP) is 13.2. The highest BCUT2D eigenvalue weighted by Gasteiger charge is 2.16. The van der Waals surface area contributed by atoms with Crippen molar-refractivity contribution in [3.63, 3.8) is 0 Å². The standard InChI is InChI=1S/C47H30N4S2/c1-3-41-39(37-13-7-9-15-42(37)52-41)23-29(2)34-24-35(33-21-22-44-40(27-33)38-14-8-10-16-43(38)53-44)26-36(25-34)47-50-45(31-11-5-4-6-12-31)49-46(51-47)32-19-17-30(28-48)18-20-32/h3-27H,1H2,2H3/b29-23+. The lowest BCUT2D eigenvalue weighted by atomic mass is 9.94. The Labute approximate surface area is 315 Å². The molecule has 9 aromatic rings. The smallest absolute Gasteiger partial charge is 0.164 e. The van der Waals surface area contributed by atoms with Crippen LogP contribution in [0, 0.1) is 11.3 Å². The summed E-state index contributed by atoms with van der Waals surface area (Å²) in [6.45, 7) is 6.31. The second-order valence-electron chi connectivity index (χ2n) is 12.9. The quantitative estimate of drug-likeness (QED) is 0.165. The van der Waals surface area contributed by atoms with Crippen molar-refractivity contribution in [3.8, 4) is 51.4 Å². The molecule has 0 bridgehead atoms. The molecule has 250 valence electrons. The van der Waals surface area contributed by atoms with Crippen molar-refractivity contribution < 1.29 is 0 Å². The molecule has 0 amide bonds. The van der Waals surface area contributed by atoms with E-state index in [2.05, 4.69) is 111 Å². The summed E-state index contributed by atoms with van der Waals surface area (Å²) in [5, 5.41) is 13.2. The molecule has 0 saturated carbocycles. The summed E-state index contributed by atoms with van der Waals surface area (Å²) in [7, 11) is 0. The minimum absolute atomic E-state index is 0.545. The largest absolute Gasteiger partial charge is 0.208 e. The summed E-state index contributed by atoms with van der Waals surface area (Å²) in [6, 6.07) is 50.1. The normalized spacial score (nSPS) is 11.7. The number of rotatable bonds is 7. The first-order valence-electron chi connectivity index (χ1n) is 17.3. The summed E-state index contributed by atoms with van der Waals surface area (Å²) in [6.07, 6.45) is 4.23. The molecule has 6 heteroatoms. The van der Waals surface area contributed by atoms with Crippen LogP contribution in [0.5, 0.6) is 0 Å². The average molecular weight is 715 g/mol. The number of benzene rings is 6. The first-order chi connectivity index (χ1) is 26.0. The molecule has 3 aromatic heterocycles. The number of thiophene rings is 2. The number of hydrogen-bond donors (Lipinski definition) is 0. The van der Waals surface area contributed by atoms with Crippen LogP contribution in [0.2, 0.25) is 0 Å². The first-order valence-corrected chi connectivity index (χ1v) is 18.9. The van der Waals surface area contributed by atoms with Crippen LogP contribution in [0.3, 0.4) is 0 Å². The van der Waals surface area contributed by atoms with Crippen molar-refractivity contribution in [2.45, 2.75) is 6.92 Å². The molecule has 0 saturated heterocycles. The van der Waals surface area contributed by atoms with Gasteiger partial charge in [-0.25, -0.2) is 15.0 Å². The van der Waals surface area contributed by atoms with E-state index < -0.39 is 0 Å². The Hall–Kier alpha value is -6.52. The Bertz CT molecular complexity index is 2930. The molecule has 4 nitrogen and oxygen atoms in total. The summed E-state index contributed by atoms with van der Waals surface area (Å²) in [4.78, 5) is 16.2. The van der Waals surface area contributed by atoms with E-state index in [0.717, 1.165) is 43.8 Å². The highest BCUT2D eigenvalue weighted by molar-refractivity contribution is 7.25. The fraction of sp³-hybridized carbons (Fsp3) is 0.0213. The molecule has 0 N–H and O–H groups in total. The summed E-state index contributed by atoms with van der Waals surface area (Å²) >= 11 is 3.58. The Morgan fingerprint density at radius 1 is 0.566 bits per heavy atom. The number of nitrogens with zero attached hydrogens (tertiary/aromatic N) is 4. The Morgan fingerprint density at radius 3 is 1.87 bits per heavy atom. The molecule has 0 aliphatic carbocycles. The van der Waals surface area contributed by atoms with Crippen LogP contribution in [0.15, 0.2) is 146 Å². The second kappa shape index (κ2) is 13.6. The number of nitriles is 1. The second-order valence-corrected chi connectivity index (χ2v) is 15.0. The molecule has 0 atom stereocenters. The number of allylic oxidation sites excluding steroid dienone is 1. The molecule has 0 aliphatic heterocycles. The van der Waals surface area contributed by atoms with Crippen LogP contribution in [0.25, 0.3) is 93.3 Å². The molecule has 0 unspecified atom stereocenters. The Kier molecular flexibility index (Phi) is 8.28. The van der Waals surface area contributed by atoms with Gasteiger partial charge in [-0.2, -0.15) is 5.26 Å². The Balaban J connectivity index is 1.27. The average Bonchev–Trinajstić information content (AvgIpc) is 3.78. The lowest BCUT2D eigenvalue weighted by molar-refractivity contribution is 1.07. The van der Waals surface area contributed by atoms with Gasteiger partial charge in [-0.05, 0) is 102 Å². The van der Waals surface area contributed by atoms with E-state index in [0.29, 0.717) is 23.0 Å². The van der Waals surface area contributed by atoms with Crippen molar-refractivity contribution >= 4 is 70.7 Å². The van der Waals surface area contributed by atoms with Gasteiger partial charge in [0.15, 0.2) is 17.5 Å². The lowest BCUT2D eigenvalue weighted by Crippen LogP contribution is -2.01. The van der Waals surface area contributed by atoms with E-state index in [1.54, 1.807) is 23.5 Å². The third kappa shape index (κ3) is 6.13. The van der Waals surface area contributed by atoms with Gasteiger partial charge in [0, 0.05) is 57.4 Å². The van der Waals surface area contributed by atoms with E-state index in [1.165, 1.54) is 35.8 Å². The molecule has 6 aromatic carbocycles. The van der Waals surface area contributed by atoms with Crippen molar-refractivity contribution in [2.75, 3.05) is 0 Å². The minimum Gasteiger partial charge on any atom is -0.208 e. The van der Waals surface area contributed by atoms with Gasteiger partial charge in [0.1, 0.15) is 0 Å². The monoisotopic (exact) mass is 714 g/mol. The zero-order valence-corrected chi connectivity index (χ0v) is 30.4. The zero-order valence-electron chi connectivity index (χ0n) is 28.7. The van der Waals surface area contributed by atoms with Crippen LogP contribution in [-0.2, 0) is 0 Å². The third-order valence-corrected chi connectivity index (χ3v) is 11.8. The fourth-order valence-electron chi connectivity index (χ4n) is 6.79. The lowest BCUT2D eigenvalue weighted by Gasteiger charge is -2.13. The SMILES string of the molecule is C=Cc1sc2ccccc2c1/C=C(\C)c1cc(-c2ccc3sc4ccccc4c3c2)cc(-c2nc(-c3ccccc3)nc(-c3ccc(C#N)cc3)n2)c1. The maximum Gasteiger partial charge on any atom is 0.164 e. The molecule has 53 heavy (non-hydrogen) atoms. The van der Waals surface area contributed by atoms with E-state index in [-0.39, 0.29) is 0 Å². The van der Waals surface area contributed by atoms with Gasteiger partial charge < -0.3 is 0 Å².